The number of rotatable bonds is 5. The summed E-state index contributed by atoms with van der Waals surface area (Å²) < 4.78 is 157. The summed E-state index contributed by atoms with van der Waals surface area (Å²) in [6.07, 6.45) is -12.5. The molecule has 1 aromatic carbocycles. The van der Waals surface area contributed by atoms with E-state index < -0.39 is 68.1 Å². The Labute approximate surface area is 165 Å². The molecule has 0 amide bonds. The van der Waals surface area contributed by atoms with Gasteiger partial charge in [-0.3, -0.25) is 8.37 Å². The van der Waals surface area contributed by atoms with Crippen LogP contribution in [0.2, 0.25) is 0 Å². The first-order valence-corrected chi connectivity index (χ1v) is 10.6. The van der Waals surface area contributed by atoms with E-state index in [0.29, 0.717) is 0 Å². The maximum Gasteiger partial charge on any atom is 0.523 e. The predicted octanol–water partition coefficient (Wildman–Crippen LogP) is 3.32. The van der Waals surface area contributed by atoms with Gasteiger partial charge in [0, 0.05) is 12.3 Å². The molecule has 30 heavy (non-hydrogen) atoms. The number of halogens is 8. The van der Waals surface area contributed by atoms with Crippen molar-refractivity contribution >= 4 is 20.2 Å². The maximum atomic E-state index is 14.9. The summed E-state index contributed by atoms with van der Waals surface area (Å²) in [5.74, 6) is -2.24. The van der Waals surface area contributed by atoms with Crippen molar-refractivity contribution in [1.29, 1.82) is 0 Å². The molecule has 0 N–H and O–H groups in total. The number of hydrogen-bond donors (Lipinski definition) is 0. The van der Waals surface area contributed by atoms with Gasteiger partial charge in [-0.25, -0.2) is 8.78 Å². The lowest BCUT2D eigenvalue weighted by atomic mass is 9.78. The average molecular weight is 492 g/mol. The zero-order valence-corrected chi connectivity index (χ0v) is 15.9. The summed E-state index contributed by atoms with van der Waals surface area (Å²) in [5, 5.41) is 0. The normalized spacial score (nSPS) is 29.0. The molecule has 0 aliphatic heterocycles. The van der Waals surface area contributed by atoms with E-state index in [4.69, 9.17) is 0 Å². The average Bonchev–Trinajstić information content (AvgIpc) is 2.58. The summed E-state index contributed by atoms with van der Waals surface area (Å²) in [6.45, 7) is 0. The highest BCUT2D eigenvalue weighted by molar-refractivity contribution is 7.87. The molecule has 2 rings (SSSR count). The van der Waals surface area contributed by atoms with E-state index >= 15 is 0 Å². The van der Waals surface area contributed by atoms with Gasteiger partial charge in [-0.1, -0.05) is 30.3 Å². The molecule has 5 atom stereocenters. The van der Waals surface area contributed by atoms with Crippen LogP contribution in [0.25, 0.3) is 0 Å². The van der Waals surface area contributed by atoms with Crippen molar-refractivity contribution in [3.8, 4) is 0 Å². The van der Waals surface area contributed by atoms with Crippen molar-refractivity contribution < 1.29 is 60.3 Å². The van der Waals surface area contributed by atoms with Gasteiger partial charge in [0.05, 0.1) is 0 Å². The molecule has 0 aromatic heterocycles. The Balaban J connectivity index is 2.47. The van der Waals surface area contributed by atoms with E-state index in [1.807, 2.05) is 0 Å². The zero-order valence-electron chi connectivity index (χ0n) is 14.3. The third-order valence-corrected chi connectivity index (χ3v) is 6.22. The Bertz CT molecular complexity index is 945. The van der Waals surface area contributed by atoms with Crippen LogP contribution in [0.1, 0.15) is 17.9 Å². The second-order valence-electron chi connectivity index (χ2n) is 6.13. The van der Waals surface area contributed by atoms with Gasteiger partial charge in [0.15, 0.2) is 0 Å². The SMILES string of the molecule is O=S(=O)(O[C@@H]1[C@@H](c2ccccc2)[C@@H](F)[C@H](OS(=O)(=O)C(F)(F)F)C[C@H]1F)C(F)(F)F. The van der Waals surface area contributed by atoms with Crippen LogP contribution in [-0.4, -0.2) is 52.4 Å². The quantitative estimate of drug-likeness (QED) is 0.356. The maximum absolute atomic E-state index is 14.9. The Morgan fingerprint density at radius 1 is 0.800 bits per heavy atom. The van der Waals surface area contributed by atoms with Gasteiger partial charge < -0.3 is 0 Å². The Kier molecular flexibility index (Phi) is 6.76. The van der Waals surface area contributed by atoms with Gasteiger partial charge in [0.25, 0.3) is 0 Å². The third kappa shape index (κ3) is 5.03. The fraction of sp³-hybridized carbons (Fsp3) is 0.571. The molecule has 0 heterocycles. The van der Waals surface area contributed by atoms with Crippen molar-refractivity contribution in [2.75, 3.05) is 0 Å². The first-order chi connectivity index (χ1) is 13.5. The molecule has 0 bridgehead atoms. The zero-order chi connectivity index (χ0) is 23.1. The van der Waals surface area contributed by atoms with Crippen molar-refractivity contribution in [2.45, 2.75) is 47.9 Å². The first-order valence-electron chi connectivity index (χ1n) is 7.80. The van der Waals surface area contributed by atoms with Gasteiger partial charge in [-0.05, 0) is 5.56 Å². The van der Waals surface area contributed by atoms with E-state index in [1.54, 1.807) is 0 Å². The minimum Gasteiger partial charge on any atom is -0.257 e. The van der Waals surface area contributed by atoms with Crippen LogP contribution in [0.4, 0.5) is 35.1 Å². The van der Waals surface area contributed by atoms with Crippen molar-refractivity contribution in [3.63, 3.8) is 0 Å². The van der Waals surface area contributed by atoms with E-state index in [2.05, 4.69) is 8.37 Å². The topological polar surface area (TPSA) is 86.7 Å². The van der Waals surface area contributed by atoms with E-state index in [1.165, 1.54) is 18.2 Å². The summed E-state index contributed by atoms with van der Waals surface area (Å²) in [5.41, 5.74) is -12.3. The lowest BCUT2D eigenvalue weighted by molar-refractivity contribution is -0.0890. The molecule has 172 valence electrons. The highest BCUT2D eigenvalue weighted by Crippen LogP contribution is 2.43. The number of benzene rings is 1. The molecule has 1 aliphatic rings. The van der Waals surface area contributed by atoms with Crippen LogP contribution in [0, 0.1) is 0 Å². The van der Waals surface area contributed by atoms with Gasteiger partial charge in [0.2, 0.25) is 0 Å². The molecule has 0 radical (unpaired) electrons. The molecule has 1 fully saturated rings. The summed E-state index contributed by atoms with van der Waals surface area (Å²) in [7, 11) is -12.8. The van der Waals surface area contributed by atoms with Crippen LogP contribution in [0.5, 0.6) is 0 Å². The standard InChI is InChI=1S/C14H12F8O6S2/c15-8-6-9(27-29(23,24)13(17,18)19)11(16)10(7-4-2-1-3-5-7)12(8)28-30(25,26)14(20,21)22/h1-5,8-12H,6H2/t8-,9-,10+,11+,12+/m1/s1. The van der Waals surface area contributed by atoms with Crippen molar-refractivity contribution in [3.05, 3.63) is 35.9 Å². The molecule has 1 aliphatic carbocycles. The second kappa shape index (κ2) is 8.20. The molecule has 1 saturated carbocycles. The fourth-order valence-electron chi connectivity index (χ4n) is 2.80. The molecular formula is C14H12F8O6S2. The Hall–Kier alpha value is -1.52. The fourth-order valence-corrected chi connectivity index (χ4v) is 4.06. The van der Waals surface area contributed by atoms with E-state index in [-0.39, 0.29) is 5.56 Å². The van der Waals surface area contributed by atoms with Gasteiger partial charge in [-0.15, -0.1) is 0 Å². The summed E-state index contributed by atoms with van der Waals surface area (Å²) in [4.78, 5) is 0. The predicted molar refractivity (Wildman–Crippen MR) is 83.3 cm³/mol. The van der Waals surface area contributed by atoms with Crippen LogP contribution < -0.4 is 0 Å². The Morgan fingerprint density at radius 3 is 1.73 bits per heavy atom. The van der Waals surface area contributed by atoms with Crippen LogP contribution in [-0.2, 0) is 28.6 Å². The summed E-state index contributed by atoms with van der Waals surface area (Å²) >= 11 is 0. The monoisotopic (exact) mass is 492 g/mol. The third-order valence-electron chi connectivity index (χ3n) is 4.11. The highest BCUT2D eigenvalue weighted by atomic mass is 32.2. The molecule has 0 saturated heterocycles. The van der Waals surface area contributed by atoms with Gasteiger partial charge in [0.1, 0.15) is 24.6 Å². The first kappa shape index (κ1) is 24.7. The highest BCUT2D eigenvalue weighted by Gasteiger charge is 2.57. The van der Waals surface area contributed by atoms with Gasteiger partial charge in [-0.2, -0.15) is 43.2 Å². The minimum absolute atomic E-state index is 0.354. The minimum atomic E-state index is -6.42. The van der Waals surface area contributed by atoms with Crippen molar-refractivity contribution in [2.24, 2.45) is 0 Å². The summed E-state index contributed by atoms with van der Waals surface area (Å²) in [6, 6.07) is 5.77. The Morgan fingerprint density at radius 2 is 1.27 bits per heavy atom. The molecule has 0 unspecified atom stereocenters. The lowest BCUT2D eigenvalue weighted by Gasteiger charge is -2.40. The van der Waals surface area contributed by atoms with Crippen LogP contribution in [0.15, 0.2) is 30.3 Å². The largest absolute Gasteiger partial charge is 0.523 e. The smallest absolute Gasteiger partial charge is 0.257 e. The van der Waals surface area contributed by atoms with Gasteiger partial charge >= 0.3 is 31.3 Å². The molecule has 6 nitrogen and oxygen atoms in total. The van der Waals surface area contributed by atoms with Crippen LogP contribution in [0.3, 0.4) is 0 Å². The van der Waals surface area contributed by atoms with Crippen LogP contribution >= 0.6 is 0 Å². The number of alkyl halides is 8. The number of hydrogen-bond acceptors (Lipinski definition) is 6. The molecular weight excluding hydrogens is 480 g/mol. The molecule has 16 heteroatoms. The lowest BCUT2D eigenvalue weighted by Crippen LogP contribution is -2.52. The molecule has 1 aromatic rings. The van der Waals surface area contributed by atoms with E-state index in [9.17, 15) is 52.0 Å². The second-order valence-corrected chi connectivity index (χ2v) is 9.26. The molecule has 0 spiro atoms. The van der Waals surface area contributed by atoms with Crippen molar-refractivity contribution in [1.82, 2.24) is 0 Å². The van der Waals surface area contributed by atoms with E-state index in [0.717, 1.165) is 12.1 Å².